The van der Waals surface area contributed by atoms with E-state index in [-0.39, 0.29) is 30.4 Å². The Morgan fingerprint density at radius 2 is 1.92 bits per heavy atom. The fourth-order valence-electron chi connectivity index (χ4n) is 1.94. The summed E-state index contributed by atoms with van der Waals surface area (Å²) in [6.07, 6.45) is 1.36. The van der Waals surface area contributed by atoms with Crippen molar-refractivity contribution in [3.63, 3.8) is 0 Å². The minimum Gasteiger partial charge on any atom is -0.475 e. The minimum absolute atomic E-state index is 0.0689. The number of benzene rings is 1. The number of aromatic nitrogens is 1. The van der Waals surface area contributed by atoms with Crippen LogP contribution in [0.1, 0.15) is 11.1 Å². The van der Waals surface area contributed by atoms with E-state index in [0.29, 0.717) is 12.2 Å². The van der Waals surface area contributed by atoms with Crippen molar-refractivity contribution in [2.24, 2.45) is 0 Å². The molecule has 3 N–H and O–H groups in total. The first-order valence-corrected chi connectivity index (χ1v) is 7.65. The van der Waals surface area contributed by atoms with E-state index in [1.54, 1.807) is 6.07 Å². The average Bonchev–Trinajstić information content (AvgIpc) is 2.62. The molecule has 0 saturated carbocycles. The van der Waals surface area contributed by atoms with Gasteiger partial charge in [0, 0.05) is 18.9 Å². The normalized spacial score (nSPS) is 10.3. The fourth-order valence-corrected chi connectivity index (χ4v) is 1.94. The van der Waals surface area contributed by atoms with E-state index >= 15 is 0 Å². The Balaban J connectivity index is 1.86. The van der Waals surface area contributed by atoms with E-state index in [9.17, 15) is 13.6 Å². The predicted octanol–water partition coefficient (Wildman–Crippen LogP) is 2.67. The molecule has 0 radical (unpaired) electrons. The quantitative estimate of drug-likeness (QED) is 0.400. The summed E-state index contributed by atoms with van der Waals surface area (Å²) in [6.45, 7) is 0.295. The SMILES string of the molecule is COCCOC(=N)c1ccc(NC(=O)NCc2c(F)cccc2F)nc1. The molecule has 0 atom stereocenters. The third-order valence-corrected chi connectivity index (χ3v) is 3.29. The molecule has 0 bridgehead atoms. The number of halogens is 2. The number of nitrogens with zero attached hydrogens (tertiary/aromatic N) is 1. The van der Waals surface area contributed by atoms with Crippen LogP contribution in [-0.4, -0.2) is 37.2 Å². The first-order chi connectivity index (χ1) is 12.5. The zero-order valence-corrected chi connectivity index (χ0v) is 14.0. The maximum absolute atomic E-state index is 13.5. The van der Waals surface area contributed by atoms with Crippen LogP contribution in [0.25, 0.3) is 0 Å². The summed E-state index contributed by atoms with van der Waals surface area (Å²) in [5.74, 6) is -1.33. The zero-order valence-electron chi connectivity index (χ0n) is 14.0. The van der Waals surface area contributed by atoms with Gasteiger partial charge in [-0.05, 0) is 24.3 Å². The average molecular weight is 364 g/mol. The van der Waals surface area contributed by atoms with Crippen LogP contribution >= 0.6 is 0 Å². The van der Waals surface area contributed by atoms with Crippen molar-refractivity contribution in [1.82, 2.24) is 10.3 Å². The Labute approximate surface area is 148 Å². The van der Waals surface area contributed by atoms with Crippen LogP contribution in [0, 0.1) is 17.0 Å². The first kappa shape index (κ1) is 19.3. The Morgan fingerprint density at radius 1 is 1.19 bits per heavy atom. The smallest absolute Gasteiger partial charge is 0.320 e. The van der Waals surface area contributed by atoms with Crippen molar-refractivity contribution in [2.45, 2.75) is 6.54 Å². The fraction of sp³-hybridized carbons (Fsp3) is 0.235. The number of anilines is 1. The number of methoxy groups -OCH3 is 1. The Hall–Kier alpha value is -3.07. The van der Waals surface area contributed by atoms with Gasteiger partial charge >= 0.3 is 6.03 Å². The molecule has 0 fully saturated rings. The molecule has 0 saturated heterocycles. The van der Waals surface area contributed by atoms with Gasteiger partial charge in [-0.2, -0.15) is 0 Å². The van der Waals surface area contributed by atoms with Crippen molar-refractivity contribution in [2.75, 3.05) is 25.6 Å². The van der Waals surface area contributed by atoms with Gasteiger partial charge in [-0.15, -0.1) is 0 Å². The van der Waals surface area contributed by atoms with E-state index in [4.69, 9.17) is 14.9 Å². The second-order valence-corrected chi connectivity index (χ2v) is 5.11. The van der Waals surface area contributed by atoms with Crippen molar-refractivity contribution in [1.29, 1.82) is 5.41 Å². The molecule has 138 valence electrons. The second-order valence-electron chi connectivity index (χ2n) is 5.11. The molecular weight excluding hydrogens is 346 g/mol. The number of urea groups is 1. The lowest BCUT2D eigenvalue weighted by atomic mass is 10.2. The Bertz CT molecular complexity index is 749. The molecule has 2 aromatic rings. The van der Waals surface area contributed by atoms with Gasteiger partial charge in [0.15, 0.2) is 0 Å². The molecule has 0 aliphatic carbocycles. The Kier molecular flexibility index (Phi) is 6.98. The summed E-state index contributed by atoms with van der Waals surface area (Å²) in [6, 6.07) is 5.83. The van der Waals surface area contributed by atoms with E-state index in [1.165, 1.54) is 25.4 Å². The monoisotopic (exact) mass is 364 g/mol. The third kappa shape index (κ3) is 5.49. The maximum Gasteiger partial charge on any atom is 0.320 e. The topological polar surface area (TPSA) is 96.3 Å². The van der Waals surface area contributed by atoms with Crippen molar-refractivity contribution in [3.05, 3.63) is 59.3 Å². The van der Waals surface area contributed by atoms with E-state index in [0.717, 1.165) is 12.1 Å². The van der Waals surface area contributed by atoms with E-state index in [1.807, 2.05) is 0 Å². The van der Waals surface area contributed by atoms with Crippen LogP contribution in [0.3, 0.4) is 0 Å². The highest BCUT2D eigenvalue weighted by Gasteiger charge is 2.10. The summed E-state index contributed by atoms with van der Waals surface area (Å²) < 4.78 is 37.0. The number of hydrogen-bond donors (Lipinski definition) is 3. The van der Waals surface area contributed by atoms with Crippen molar-refractivity contribution < 1.29 is 23.0 Å². The van der Waals surface area contributed by atoms with Gasteiger partial charge in [-0.3, -0.25) is 10.7 Å². The highest BCUT2D eigenvalue weighted by Crippen LogP contribution is 2.12. The lowest BCUT2D eigenvalue weighted by Crippen LogP contribution is -2.29. The van der Waals surface area contributed by atoms with Crippen molar-refractivity contribution >= 4 is 17.7 Å². The number of amides is 2. The number of pyridine rings is 1. The second kappa shape index (κ2) is 9.42. The summed E-state index contributed by atoms with van der Waals surface area (Å²) in [4.78, 5) is 15.8. The van der Waals surface area contributed by atoms with Gasteiger partial charge < -0.3 is 14.8 Å². The van der Waals surface area contributed by atoms with Crippen molar-refractivity contribution in [3.8, 4) is 0 Å². The molecule has 26 heavy (non-hydrogen) atoms. The molecular formula is C17H18F2N4O3. The molecule has 7 nitrogen and oxygen atoms in total. The van der Waals surface area contributed by atoms with Gasteiger partial charge in [-0.25, -0.2) is 18.6 Å². The van der Waals surface area contributed by atoms with Crippen LogP contribution in [-0.2, 0) is 16.0 Å². The largest absolute Gasteiger partial charge is 0.475 e. The molecule has 0 unspecified atom stereocenters. The molecule has 2 rings (SSSR count). The van der Waals surface area contributed by atoms with Gasteiger partial charge in [-0.1, -0.05) is 6.07 Å². The van der Waals surface area contributed by atoms with Gasteiger partial charge in [0.1, 0.15) is 24.1 Å². The summed E-state index contributed by atoms with van der Waals surface area (Å²) >= 11 is 0. The highest BCUT2D eigenvalue weighted by molar-refractivity contribution is 5.92. The zero-order chi connectivity index (χ0) is 18.9. The molecule has 1 aromatic carbocycles. The predicted molar refractivity (Wildman–Crippen MR) is 91.1 cm³/mol. The summed E-state index contributed by atoms with van der Waals surface area (Å²) in [5.41, 5.74) is 0.202. The number of ether oxygens (including phenoxy) is 2. The third-order valence-electron chi connectivity index (χ3n) is 3.29. The number of carbonyl (C=O) groups is 1. The van der Waals surface area contributed by atoms with Crippen LogP contribution in [0.4, 0.5) is 19.4 Å². The lowest BCUT2D eigenvalue weighted by Gasteiger charge is -2.10. The molecule has 0 spiro atoms. The van der Waals surface area contributed by atoms with Crippen LogP contribution in [0.2, 0.25) is 0 Å². The first-order valence-electron chi connectivity index (χ1n) is 7.65. The van der Waals surface area contributed by atoms with Crippen LogP contribution < -0.4 is 10.6 Å². The number of rotatable bonds is 7. The Morgan fingerprint density at radius 3 is 2.54 bits per heavy atom. The van der Waals surface area contributed by atoms with E-state index in [2.05, 4.69) is 15.6 Å². The summed E-state index contributed by atoms with van der Waals surface area (Å²) in [7, 11) is 1.53. The lowest BCUT2D eigenvalue weighted by molar-refractivity contribution is 0.141. The maximum atomic E-state index is 13.5. The van der Waals surface area contributed by atoms with E-state index < -0.39 is 17.7 Å². The van der Waals surface area contributed by atoms with Gasteiger partial charge in [0.2, 0.25) is 5.90 Å². The summed E-state index contributed by atoms with van der Waals surface area (Å²) in [5, 5.41) is 12.5. The molecule has 0 aliphatic heterocycles. The molecule has 0 aliphatic rings. The number of carbonyl (C=O) groups excluding carboxylic acids is 1. The van der Waals surface area contributed by atoms with Gasteiger partial charge in [0.05, 0.1) is 18.7 Å². The molecule has 9 heteroatoms. The minimum atomic E-state index is -0.736. The molecule has 1 heterocycles. The highest BCUT2D eigenvalue weighted by atomic mass is 19.1. The van der Waals surface area contributed by atoms with Crippen LogP contribution in [0.15, 0.2) is 36.5 Å². The number of nitrogens with one attached hydrogen (secondary N) is 3. The molecule has 2 amide bonds. The molecule has 1 aromatic heterocycles. The number of hydrogen-bond acceptors (Lipinski definition) is 5. The van der Waals surface area contributed by atoms with Gasteiger partial charge in [0.25, 0.3) is 0 Å². The van der Waals surface area contributed by atoms with Crippen LogP contribution in [0.5, 0.6) is 0 Å². The standard InChI is InChI=1S/C17H18F2N4O3/c1-25-7-8-26-16(20)11-5-6-15(21-9-11)23-17(24)22-10-12-13(18)3-2-4-14(12)19/h2-6,9,20H,7-8,10H2,1H3,(H2,21,22,23,24).